The molecule has 16 heavy (non-hydrogen) atoms. The van der Waals surface area contributed by atoms with Gasteiger partial charge in [0.2, 0.25) is 5.13 Å². The van der Waals surface area contributed by atoms with Gasteiger partial charge >= 0.3 is 0 Å². The third-order valence-electron chi connectivity index (χ3n) is 2.40. The van der Waals surface area contributed by atoms with Gasteiger partial charge in [-0.2, -0.15) is 0 Å². The topological polar surface area (TPSA) is 17.1 Å². The quantitative estimate of drug-likeness (QED) is 0.566. The molecular formula is C13H10ClFO. The van der Waals surface area contributed by atoms with E-state index in [0.717, 1.165) is 0 Å². The van der Waals surface area contributed by atoms with Crippen molar-refractivity contribution in [2.75, 3.05) is 0 Å². The van der Waals surface area contributed by atoms with Gasteiger partial charge in [0.15, 0.2) is 5.78 Å². The first-order chi connectivity index (χ1) is 7.58. The van der Waals surface area contributed by atoms with E-state index < -0.39 is 5.13 Å². The van der Waals surface area contributed by atoms with E-state index in [4.69, 9.17) is 11.6 Å². The second kappa shape index (κ2) is 4.22. The van der Waals surface area contributed by atoms with E-state index in [1.165, 1.54) is 18.2 Å². The van der Waals surface area contributed by atoms with Crippen molar-refractivity contribution in [1.82, 2.24) is 0 Å². The predicted octanol–water partition coefficient (Wildman–Crippen LogP) is 3.66. The molecule has 0 aromatic heterocycles. The number of carbonyl (C=O) groups excluding carboxylic acids is 1. The molecule has 0 bridgehead atoms. The van der Waals surface area contributed by atoms with Crippen molar-refractivity contribution < 1.29 is 9.18 Å². The molecule has 0 spiro atoms. The summed E-state index contributed by atoms with van der Waals surface area (Å²) >= 11 is 5.48. The molecule has 82 valence electrons. The summed E-state index contributed by atoms with van der Waals surface area (Å²) < 4.78 is 13.2. The Bertz CT molecular complexity index is 460. The lowest BCUT2D eigenvalue weighted by Gasteiger charge is -2.15. The molecule has 0 heterocycles. The van der Waals surface area contributed by atoms with E-state index in [0.29, 0.717) is 11.1 Å². The van der Waals surface area contributed by atoms with Gasteiger partial charge in [-0.3, -0.25) is 4.79 Å². The minimum absolute atomic E-state index is 0.0267. The van der Waals surface area contributed by atoms with E-state index in [1.807, 2.05) is 6.07 Å². The van der Waals surface area contributed by atoms with Crippen LogP contribution in [0.5, 0.6) is 0 Å². The van der Waals surface area contributed by atoms with Crippen LogP contribution in [-0.4, -0.2) is 10.9 Å². The lowest BCUT2D eigenvalue weighted by molar-refractivity contribution is 0.103. The van der Waals surface area contributed by atoms with Crippen LogP contribution in [0.2, 0.25) is 0 Å². The Labute approximate surface area is 98.2 Å². The van der Waals surface area contributed by atoms with Crippen molar-refractivity contribution in [1.29, 1.82) is 0 Å². The molecule has 1 unspecified atom stereocenters. The van der Waals surface area contributed by atoms with Gasteiger partial charge in [0.25, 0.3) is 0 Å². The smallest absolute Gasteiger partial charge is 0.205 e. The zero-order chi connectivity index (χ0) is 11.6. The SMILES string of the molecule is O=C(C1=CCC(F)(Cl)C=C1)c1ccccc1. The fraction of sp³-hybridized carbons (Fsp3) is 0.154. The third kappa shape index (κ3) is 2.39. The van der Waals surface area contributed by atoms with Crippen molar-refractivity contribution in [3.63, 3.8) is 0 Å². The van der Waals surface area contributed by atoms with Crippen LogP contribution in [0.1, 0.15) is 16.8 Å². The molecule has 0 saturated heterocycles. The summed E-state index contributed by atoms with van der Waals surface area (Å²) in [6, 6.07) is 8.89. The molecule has 0 amide bonds. The second-order valence-corrected chi connectivity index (χ2v) is 4.28. The van der Waals surface area contributed by atoms with E-state index in [9.17, 15) is 9.18 Å². The van der Waals surface area contributed by atoms with Crippen molar-refractivity contribution >= 4 is 17.4 Å². The van der Waals surface area contributed by atoms with Gasteiger partial charge in [-0.05, 0) is 6.08 Å². The number of halogens is 2. The minimum Gasteiger partial charge on any atom is -0.289 e. The fourth-order valence-electron chi connectivity index (χ4n) is 1.52. The first-order valence-corrected chi connectivity index (χ1v) is 5.33. The van der Waals surface area contributed by atoms with Crippen molar-refractivity contribution in [3.05, 3.63) is 59.7 Å². The Morgan fingerprint density at radius 3 is 2.56 bits per heavy atom. The normalized spacial score (nSPS) is 24.0. The molecule has 1 aromatic carbocycles. The predicted molar refractivity (Wildman–Crippen MR) is 62.3 cm³/mol. The molecule has 1 aliphatic rings. The number of hydrogen-bond donors (Lipinski definition) is 0. The average molecular weight is 237 g/mol. The van der Waals surface area contributed by atoms with E-state index in [1.54, 1.807) is 24.3 Å². The maximum absolute atomic E-state index is 13.2. The summed E-state index contributed by atoms with van der Waals surface area (Å²) in [5, 5.41) is -1.85. The number of ketones is 1. The Kier molecular flexibility index (Phi) is 2.92. The number of rotatable bonds is 2. The number of hydrogen-bond acceptors (Lipinski definition) is 1. The molecule has 3 heteroatoms. The summed E-state index contributed by atoms with van der Waals surface area (Å²) in [6.07, 6.45) is 4.21. The molecule has 0 N–H and O–H groups in total. The van der Waals surface area contributed by atoms with Gasteiger partial charge in [-0.25, -0.2) is 4.39 Å². The van der Waals surface area contributed by atoms with Crippen LogP contribution in [0, 0.1) is 0 Å². The number of alkyl halides is 2. The lowest BCUT2D eigenvalue weighted by Crippen LogP contribution is -2.14. The Morgan fingerprint density at radius 2 is 2.00 bits per heavy atom. The van der Waals surface area contributed by atoms with Crippen molar-refractivity contribution in [3.8, 4) is 0 Å². The van der Waals surface area contributed by atoms with Gasteiger partial charge in [0, 0.05) is 17.6 Å². The maximum Gasteiger partial charge on any atom is 0.205 e. The first-order valence-electron chi connectivity index (χ1n) is 4.95. The maximum atomic E-state index is 13.2. The summed E-state index contributed by atoms with van der Waals surface area (Å²) in [7, 11) is 0. The summed E-state index contributed by atoms with van der Waals surface area (Å²) in [5.74, 6) is -0.107. The second-order valence-electron chi connectivity index (χ2n) is 3.65. The van der Waals surface area contributed by atoms with Crippen LogP contribution in [0.4, 0.5) is 4.39 Å². The molecule has 0 saturated carbocycles. The van der Waals surface area contributed by atoms with Crippen LogP contribution in [0.15, 0.2) is 54.1 Å². The highest BCUT2D eigenvalue weighted by Crippen LogP contribution is 2.29. The van der Waals surface area contributed by atoms with Crippen LogP contribution in [0.3, 0.4) is 0 Å². The minimum atomic E-state index is -1.85. The number of carbonyl (C=O) groups is 1. The van der Waals surface area contributed by atoms with E-state index in [2.05, 4.69) is 0 Å². The highest BCUT2D eigenvalue weighted by atomic mass is 35.5. The highest BCUT2D eigenvalue weighted by Gasteiger charge is 2.25. The fourth-order valence-corrected chi connectivity index (χ4v) is 1.66. The largest absolute Gasteiger partial charge is 0.289 e. The summed E-state index contributed by atoms with van der Waals surface area (Å²) in [5.41, 5.74) is 1.08. The van der Waals surface area contributed by atoms with Crippen LogP contribution in [-0.2, 0) is 0 Å². The average Bonchev–Trinajstić information content (AvgIpc) is 2.29. The van der Waals surface area contributed by atoms with E-state index in [-0.39, 0.29) is 12.2 Å². The monoisotopic (exact) mass is 236 g/mol. The van der Waals surface area contributed by atoms with Gasteiger partial charge in [-0.1, -0.05) is 54.1 Å². The van der Waals surface area contributed by atoms with E-state index >= 15 is 0 Å². The number of allylic oxidation sites excluding steroid dienone is 4. The molecule has 2 rings (SSSR count). The van der Waals surface area contributed by atoms with Crippen LogP contribution in [0.25, 0.3) is 0 Å². The third-order valence-corrected chi connectivity index (χ3v) is 2.68. The highest BCUT2D eigenvalue weighted by molar-refractivity contribution is 6.24. The number of Topliss-reactive ketones (excluding diaryl/α,β-unsaturated/α-hetero) is 1. The van der Waals surface area contributed by atoms with Crippen molar-refractivity contribution in [2.24, 2.45) is 0 Å². The Morgan fingerprint density at radius 1 is 1.31 bits per heavy atom. The first kappa shape index (κ1) is 11.1. The van der Waals surface area contributed by atoms with Gasteiger partial charge in [-0.15, -0.1) is 0 Å². The zero-order valence-corrected chi connectivity index (χ0v) is 9.25. The van der Waals surface area contributed by atoms with Crippen LogP contribution < -0.4 is 0 Å². The molecule has 0 fully saturated rings. The molecule has 0 aliphatic heterocycles. The molecular weight excluding hydrogens is 227 g/mol. The van der Waals surface area contributed by atoms with Gasteiger partial charge < -0.3 is 0 Å². The molecule has 1 atom stereocenters. The summed E-state index contributed by atoms with van der Waals surface area (Å²) in [4.78, 5) is 11.9. The molecule has 1 nitrogen and oxygen atoms in total. The standard InChI is InChI=1S/C13H10ClFO/c14-13(15)8-6-11(7-9-13)12(16)10-4-2-1-3-5-10/h1-8H,9H2. The van der Waals surface area contributed by atoms with Crippen molar-refractivity contribution in [2.45, 2.75) is 11.5 Å². The summed E-state index contributed by atoms with van der Waals surface area (Å²) in [6.45, 7) is 0. The lowest BCUT2D eigenvalue weighted by atomic mass is 9.97. The molecule has 0 radical (unpaired) electrons. The molecule has 1 aliphatic carbocycles. The zero-order valence-electron chi connectivity index (χ0n) is 8.49. The molecule has 1 aromatic rings. The number of benzene rings is 1. The van der Waals surface area contributed by atoms with Gasteiger partial charge in [0.05, 0.1) is 0 Å². The van der Waals surface area contributed by atoms with Crippen LogP contribution >= 0.6 is 11.6 Å². The Hall–Kier alpha value is -1.41. The Balaban J connectivity index is 2.20. The van der Waals surface area contributed by atoms with Gasteiger partial charge in [0.1, 0.15) is 0 Å².